The van der Waals surface area contributed by atoms with Crippen molar-refractivity contribution in [3.8, 4) is 11.5 Å². The molecule has 0 radical (unpaired) electrons. The fourth-order valence-electron chi connectivity index (χ4n) is 3.05. The minimum atomic E-state index is -0.291. The third-order valence-electron chi connectivity index (χ3n) is 4.40. The van der Waals surface area contributed by atoms with Crippen molar-refractivity contribution in [3.63, 3.8) is 0 Å². The van der Waals surface area contributed by atoms with Crippen LogP contribution in [0, 0.1) is 0 Å². The number of hydrogen-bond acceptors (Lipinski definition) is 5. The third-order valence-corrected chi connectivity index (χ3v) is 4.40. The summed E-state index contributed by atoms with van der Waals surface area (Å²) in [7, 11) is 0. The number of hydrogen-bond donors (Lipinski definition) is 1. The maximum atomic E-state index is 12.3. The van der Waals surface area contributed by atoms with Gasteiger partial charge in [-0.2, -0.15) is 0 Å². The van der Waals surface area contributed by atoms with Crippen molar-refractivity contribution in [2.24, 2.45) is 0 Å². The average Bonchev–Trinajstić information content (AvgIpc) is 3.27. The molecule has 1 aromatic carbocycles. The van der Waals surface area contributed by atoms with Gasteiger partial charge in [0.2, 0.25) is 5.89 Å². The summed E-state index contributed by atoms with van der Waals surface area (Å²) in [5, 5.41) is 2.84. The molecule has 3 amide bonds. The zero-order valence-electron chi connectivity index (χ0n) is 13.6. The van der Waals surface area contributed by atoms with Gasteiger partial charge in [0, 0.05) is 25.2 Å². The van der Waals surface area contributed by atoms with Crippen LogP contribution in [0.25, 0.3) is 11.5 Å². The second-order valence-corrected chi connectivity index (χ2v) is 6.04. The average molecular weight is 342 g/mol. The molecule has 2 saturated heterocycles. The molecular formula is C17H18N4O4. The second kappa shape index (κ2) is 6.46. The number of nitrogens with one attached hydrogen (secondary N) is 1. The molecule has 3 heterocycles. The van der Waals surface area contributed by atoms with Crippen molar-refractivity contribution in [3.05, 3.63) is 42.3 Å². The zero-order valence-corrected chi connectivity index (χ0v) is 13.6. The Hall–Kier alpha value is -3.03. The Balaban J connectivity index is 1.32. The maximum Gasteiger partial charge on any atom is 0.410 e. The molecule has 4 rings (SSSR count). The fourth-order valence-corrected chi connectivity index (χ4v) is 3.05. The van der Waals surface area contributed by atoms with Crippen LogP contribution in [0.4, 0.5) is 9.59 Å². The summed E-state index contributed by atoms with van der Waals surface area (Å²) in [6, 6.07) is 9.36. The molecule has 0 spiro atoms. The van der Waals surface area contributed by atoms with E-state index < -0.39 is 0 Å². The first kappa shape index (κ1) is 15.5. The van der Waals surface area contributed by atoms with Gasteiger partial charge in [-0.3, -0.25) is 4.90 Å². The van der Waals surface area contributed by atoms with Gasteiger partial charge in [-0.15, -0.1) is 0 Å². The Morgan fingerprint density at radius 1 is 1.28 bits per heavy atom. The standard InChI is InChI=1S/C17H18N4O4/c22-16(20-6-7-21-14(9-20)11-25-17(21)23)18-8-13-10-24-15(19-13)12-4-2-1-3-5-12/h1-5,10,14H,6-9,11H2,(H,18,22)/t14-/m1/s1. The van der Waals surface area contributed by atoms with Crippen LogP contribution in [-0.2, 0) is 11.3 Å². The van der Waals surface area contributed by atoms with Crippen molar-refractivity contribution in [2.45, 2.75) is 12.6 Å². The highest BCUT2D eigenvalue weighted by atomic mass is 16.6. The highest BCUT2D eigenvalue weighted by Crippen LogP contribution is 2.19. The Bertz CT molecular complexity index is 776. The Morgan fingerprint density at radius 2 is 2.12 bits per heavy atom. The van der Waals surface area contributed by atoms with E-state index in [-0.39, 0.29) is 24.7 Å². The Kier molecular flexibility index (Phi) is 4.01. The maximum absolute atomic E-state index is 12.3. The number of rotatable bonds is 3. The molecule has 2 aliphatic rings. The van der Waals surface area contributed by atoms with Crippen LogP contribution in [0.1, 0.15) is 5.69 Å². The summed E-state index contributed by atoms with van der Waals surface area (Å²) >= 11 is 0. The highest BCUT2D eigenvalue weighted by molar-refractivity contribution is 5.75. The van der Waals surface area contributed by atoms with Crippen molar-refractivity contribution in [1.29, 1.82) is 0 Å². The number of fused-ring (bicyclic) bond motifs is 1. The van der Waals surface area contributed by atoms with Crippen molar-refractivity contribution in [2.75, 3.05) is 26.2 Å². The summed E-state index contributed by atoms with van der Waals surface area (Å²) in [5.41, 5.74) is 1.55. The van der Waals surface area contributed by atoms with Crippen molar-refractivity contribution >= 4 is 12.1 Å². The molecule has 0 bridgehead atoms. The van der Waals surface area contributed by atoms with E-state index in [1.807, 2.05) is 30.3 Å². The van der Waals surface area contributed by atoms with E-state index >= 15 is 0 Å². The number of oxazole rings is 1. The van der Waals surface area contributed by atoms with Crippen LogP contribution in [0.2, 0.25) is 0 Å². The topological polar surface area (TPSA) is 87.9 Å². The number of carbonyl (C=O) groups excluding carboxylic acids is 2. The molecule has 2 aromatic rings. The van der Waals surface area contributed by atoms with Gasteiger partial charge in [-0.05, 0) is 12.1 Å². The molecule has 0 saturated carbocycles. The van der Waals surface area contributed by atoms with Gasteiger partial charge in [0.1, 0.15) is 12.9 Å². The summed E-state index contributed by atoms with van der Waals surface area (Å²) in [4.78, 5) is 31.6. The fraction of sp³-hybridized carbons (Fsp3) is 0.353. The van der Waals surface area contributed by atoms with Gasteiger partial charge in [-0.1, -0.05) is 18.2 Å². The third kappa shape index (κ3) is 3.15. The van der Waals surface area contributed by atoms with Crippen LogP contribution in [-0.4, -0.2) is 59.2 Å². The highest BCUT2D eigenvalue weighted by Gasteiger charge is 2.38. The summed E-state index contributed by atoms with van der Waals surface area (Å²) in [5.74, 6) is 0.528. The monoisotopic (exact) mass is 342 g/mol. The largest absolute Gasteiger partial charge is 0.447 e. The van der Waals surface area contributed by atoms with E-state index in [4.69, 9.17) is 9.15 Å². The van der Waals surface area contributed by atoms with Crippen LogP contribution in [0.5, 0.6) is 0 Å². The van der Waals surface area contributed by atoms with Crippen LogP contribution in [0.15, 0.2) is 41.0 Å². The molecule has 2 fully saturated rings. The van der Waals surface area contributed by atoms with Gasteiger partial charge in [0.15, 0.2) is 0 Å². The molecule has 1 atom stereocenters. The second-order valence-electron chi connectivity index (χ2n) is 6.04. The van der Waals surface area contributed by atoms with E-state index in [1.54, 1.807) is 16.1 Å². The van der Waals surface area contributed by atoms with Gasteiger partial charge >= 0.3 is 12.1 Å². The lowest BCUT2D eigenvalue weighted by Gasteiger charge is -2.35. The smallest absolute Gasteiger partial charge is 0.410 e. The molecule has 2 aliphatic heterocycles. The Morgan fingerprint density at radius 3 is 2.96 bits per heavy atom. The van der Waals surface area contributed by atoms with Gasteiger partial charge in [0.05, 0.1) is 18.3 Å². The first-order valence-electron chi connectivity index (χ1n) is 8.17. The zero-order chi connectivity index (χ0) is 17.2. The molecule has 130 valence electrons. The molecule has 25 heavy (non-hydrogen) atoms. The minimum Gasteiger partial charge on any atom is -0.447 e. The van der Waals surface area contributed by atoms with E-state index in [1.165, 1.54) is 0 Å². The number of aromatic nitrogens is 1. The number of ether oxygens (including phenoxy) is 1. The molecule has 8 heteroatoms. The molecule has 0 aliphatic carbocycles. The lowest BCUT2D eigenvalue weighted by Crippen LogP contribution is -2.55. The molecule has 8 nitrogen and oxygen atoms in total. The lowest BCUT2D eigenvalue weighted by atomic mass is 10.2. The lowest BCUT2D eigenvalue weighted by molar-refractivity contribution is 0.127. The van der Waals surface area contributed by atoms with Gasteiger partial charge in [0.25, 0.3) is 0 Å². The first-order chi connectivity index (χ1) is 12.2. The number of urea groups is 1. The van der Waals surface area contributed by atoms with Gasteiger partial charge in [-0.25, -0.2) is 14.6 Å². The van der Waals surface area contributed by atoms with Crippen LogP contribution >= 0.6 is 0 Å². The Labute approximate surface area is 144 Å². The minimum absolute atomic E-state index is 0.0521. The van der Waals surface area contributed by atoms with E-state index in [9.17, 15) is 9.59 Å². The normalized spacial score (nSPS) is 19.5. The van der Waals surface area contributed by atoms with Crippen LogP contribution in [0.3, 0.4) is 0 Å². The molecule has 0 unspecified atom stereocenters. The SMILES string of the molecule is O=C(NCc1coc(-c2ccccc2)n1)N1CCN2C(=O)OC[C@H]2C1. The number of amides is 3. The molecule has 1 aromatic heterocycles. The summed E-state index contributed by atoms with van der Waals surface area (Å²) in [6.45, 7) is 2.10. The number of piperazine rings is 1. The van der Waals surface area contributed by atoms with Gasteiger partial charge < -0.3 is 19.4 Å². The summed E-state index contributed by atoms with van der Waals surface area (Å²) < 4.78 is 10.5. The van der Waals surface area contributed by atoms with Crippen molar-refractivity contribution < 1.29 is 18.7 Å². The molecule has 1 N–H and O–H groups in total. The van der Waals surface area contributed by atoms with E-state index in [0.717, 1.165) is 5.56 Å². The number of benzene rings is 1. The van der Waals surface area contributed by atoms with Crippen molar-refractivity contribution in [1.82, 2.24) is 20.1 Å². The first-order valence-corrected chi connectivity index (χ1v) is 8.17. The predicted molar refractivity (Wildman–Crippen MR) is 87.6 cm³/mol. The van der Waals surface area contributed by atoms with E-state index in [0.29, 0.717) is 37.8 Å². The number of nitrogens with zero attached hydrogens (tertiary/aromatic N) is 3. The van der Waals surface area contributed by atoms with Crippen LogP contribution < -0.4 is 5.32 Å². The predicted octanol–water partition coefficient (Wildman–Crippen LogP) is 1.69. The molecular weight excluding hydrogens is 324 g/mol. The quantitative estimate of drug-likeness (QED) is 0.917. The number of carbonyl (C=O) groups is 2. The summed E-state index contributed by atoms with van der Waals surface area (Å²) in [6.07, 6.45) is 1.26. The number of cyclic esters (lactones) is 1. The van der Waals surface area contributed by atoms with E-state index in [2.05, 4.69) is 10.3 Å².